The maximum Gasteiger partial charge on any atom is 0.209 e. The van der Waals surface area contributed by atoms with Gasteiger partial charge in [0.05, 0.1) is 26.0 Å². The van der Waals surface area contributed by atoms with E-state index in [9.17, 15) is 12.8 Å². The Morgan fingerprint density at radius 1 is 1.37 bits per heavy atom. The van der Waals surface area contributed by atoms with E-state index in [0.717, 1.165) is 11.8 Å². The summed E-state index contributed by atoms with van der Waals surface area (Å²) >= 11 is 0. The van der Waals surface area contributed by atoms with Crippen LogP contribution in [-0.4, -0.2) is 46.4 Å². The van der Waals surface area contributed by atoms with E-state index in [4.69, 9.17) is 4.74 Å². The normalized spacial score (nSPS) is 13.5. The van der Waals surface area contributed by atoms with E-state index in [1.165, 1.54) is 13.2 Å². The van der Waals surface area contributed by atoms with Crippen LogP contribution in [0.3, 0.4) is 0 Å². The molecule has 7 nitrogen and oxygen atoms in total. The molecular weight excluding hydrogens is 486 g/mol. The Labute approximate surface area is 178 Å². The van der Waals surface area contributed by atoms with Gasteiger partial charge in [-0.2, -0.15) is 0 Å². The van der Waals surface area contributed by atoms with Crippen molar-refractivity contribution < 1.29 is 17.5 Å². The summed E-state index contributed by atoms with van der Waals surface area (Å²) in [5.74, 6) is 0.272. The summed E-state index contributed by atoms with van der Waals surface area (Å²) in [5, 5.41) is 6.29. The molecule has 10 heteroatoms. The van der Waals surface area contributed by atoms with E-state index in [-0.39, 0.29) is 42.3 Å². The second kappa shape index (κ2) is 11.0. The molecule has 1 atom stereocenters. The Balaban J connectivity index is 0.00000676. The molecule has 1 rings (SSSR count). The van der Waals surface area contributed by atoms with Crippen LogP contribution in [0.25, 0.3) is 0 Å². The number of hydrogen-bond acceptors (Lipinski definition) is 4. The number of hydrogen-bond donors (Lipinski definition) is 3. The third-order valence-electron chi connectivity index (χ3n) is 3.47. The molecule has 0 aliphatic heterocycles. The van der Waals surface area contributed by atoms with E-state index in [0.29, 0.717) is 12.5 Å². The predicted molar refractivity (Wildman–Crippen MR) is 118 cm³/mol. The molecule has 0 radical (unpaired) electrons. The van der Waals surface area contributed by atoms with Crippen molar-refractivity contribution in [3.8, 4) is 5.75 Å². The van der Waals surface area contributed by atoms with Gasteiger partial charge in [0.15, 0.2) is 17.5 Å². The van der Waals surface area contributed by atoms with Crippen LogP contribution in [0.4, 0.5) is 4.39 Å². The first-order chi connectivity index (χ1) is 12.0. The summed E-state index contributed by atoms with van der Waals surface area (Å²) in [6, 6.07) is 4.55. The summed E-state index contributed by atoms with van der Waals surface area (Å²) in [5.41, 5.74) is 0.00760. The number of ether oxygens (including phenoxy) is 1. The lowest BCUT2D eigenvalue weighted by molar-refractivity contribution is 0.386. The molecule has 0 fully saturated rings. The number of benzene rings is 1. The van der Waals surface area contributed by atoms with Crippen LogP contribution in [0, 0.1) is 5.82 Å². The maximum absolute atomic E-state index is 13.9. The molecule has 3 N–H and O–H groups in total. The number of halogens is 2. The van der Waals surface area contributed by atoms with Crippen molar-refractivity contribution in [1.29, 1.82) is 0 Å². The van der Waals surface area contributed by atoms with Gasteiger partial charge in [-0.05, 0) is 45.4 Å². The molecule has 27 heavy (non-hydrogen) atoms. The van der Waals surface area contributed by atoms with Crippen molar-refractivity contribution in [2.24, 2.45) is 4.99 Å². The fraction of sp³-hybridized carbons (Fsp3) is 0.588. The topological polar surface area (TPSA) is 91.8 Å². The van der Waals surface area contributed by atoms with Gasteiger partial charge in [0.25, 0.3) is 0 Å². The highest BCUT2D eigenvalue weighted by Crippen LogP contribution is 2.21. The Hall–Kier alpha value is -1.14. The van der Waals surface area contributed by atoms with Gasteiger partial charge < -0.3 is 15.4 Å². The molecule has 0 aliphatic carbocycles. The fourth-order valence-electron chi connectivity index (χ4n) is 2.37. The first-order valence-corrected chi connectivity index (χ1v) is 10.2. The van der Waals surface area contributed by atoms with Crippen molar-refractivity contribution in [3.63, 3.8) is 0 Å². The number of nitrogens with zero attached hydrogens (tertiary/aromatic N) is 1. The minimum atomic E-state index is -3.33. The Kier molecular flexibility index (Phi) is 10.5. The molecule has 0 saturated heterocycles. The number of sulfonamides is 1. The SMILES string of the molecule is CCNC(=NCC(C)(C)NS(C)(=O)=O)NC(C)c1ccc(OC)c(F)c1.I. The summed E-state index contributed by atoms with van der Waals surface area (Å²) in [6.45, 7) is 8.18. The van der Waals surface area contributed by atoms with Crippen molar-refractivity contribution in [2.45, 2.75) is 39.3 Å². The number of aliphatic imine (C=N–C) groups is 1. The smallest absolute Gasteiger partial charge is 0.209 e. The quantitative estimate of drug-likeness (QED) is 0.281. The molecule has 0 aromatic heterocycles. The van der Waals surface area contributed by atoms with Crippen molar-refractivity contribution in [2.75, 3.05) is 26.5 Å². The molecule has 1 aromatic carbocycles. The molecule has 0 spiro atoms. The second-order valence-electron chi connectivity index (χ2n) is 6.71. The van der Waals surface area contributed by atoms with Crippen LogP contribution in [0.15, 0.2) is 23.2 Å². The summed E-state index contributed by atoms with van der Waals surface area (Å²) < 4.78 is 44.2. The van der Waals surface area contributed by atoms with E-state index in [1.54, 1.807) is 26.0 Å². The monoisotopic (exact) mass is 516 g/mol. The first-order valence-electron chi connectivity index (χ1n) is 8.34. The standard InChI is InChI=1S/C17H29FN4O3S.HI/c1-7-19-16(20-11-17(3,4)22-26(6,23)24)21-12(2)13-8-9-15(25-5)14(18)10-13;/h8-10,12,22H,7,11H2,1-6H3,(H2,19,20,21);1H. The van der Waals surface area contributed by atoms with Gasteiger partial charge in [0.1, 0.15) is 0 Å². The zero-order chi connectivity index (χ0) is 20.0. The molecule has 0 aliphatic rings. The third-order valence-corrected chi connectivity index (χ3v) is 4.39. The van der Waals surface area contributed by atoms with Crippen LogP contribution in [-0.2, 0) is 10.0 Å². The predicted octanol–water partition coefficient (Wildman–Crippen LogP) is 2.40. The lowest BCUT2D eigenvalue weighted by Gasteiger charge is -2.24. The second-order valence-corrected chi connectivity index (χ2v) is 8.46. The van der Waals surface area contributed by atoms with Gasteiger partial charge in [-0.25, -0.2) is 17.5 Å². The van der Waals surface area contributed by atoms with Crippen LogP contribution in [0.1, 0.15) is 39.3 Å². The highest BCUT2D eigenvalue weighted by atomic mass is 127. The highest BCUT2D eigenvalue weighted by molar-refractivity contribution is 14.0. The number of guanidine groups is 1. The zero-order valence-electron chi connectivity index (χ0n) is 16.6. The van der Waals surface area contributed by atoms with E-state index >= 15 is 0 Å². The molecular formula is C17H30FIN4O3S. The minimum Gasteiger partial charge on any atom is -0.494 e. The van der Waals surface area contributed by atoms with Crippen LogP contribution < -0.4 is 20.1 Å². The molecule has 1 aromatic rings. The molecule has 1 unspecified atom stereocenters. The van der Waals surface area contributed by atoms with Gasteiger partial charge in [-0.15, -0.1) is 24.0 Å². The Morgan fingerprint density at radius 2 is 2.00 bits per heavy atom. The van der Waals surface area contributed by atoms with Gasteiger partial charge in [-0.3, -0.25) is 4.99 Å². The van der Waals surface area contributed by atoms with E-state index in [1.807, 2.05) is 13.8 Å². The highest BCUT2D eigenvalue weighted by Gasteiger charge is 2.22. The summed E-state index contributed by atoms with van der Waals surface area (Å²) in [4.78, 5) is 4.44. The van der Waals surface area contributed by atoms with Crippen LogP contribution in [0.2, 0.25) is 0 Å². The average Bonchev–Trinajstić information content (AvgIpc) is 2.50. The van der Waals surface area contributed by atoms with Gasteiger partial charge >= 0.3 is 0 Å². The van der Waals surface area contributed by atoms with Crippen LogP contribution >= 0.6 is 24.0 Å². The lowest BCUT2D eigenvalue weighted by atomic mass is 10.1. The van der Waals surface area contributed by atoms with Crippen molar-refractivity contribution in [3.05, 3.63) is 29.6 Å². The Morgan fingerprint density at radius 3 is 2.48 bits per heavy atom. The maximum atomic E-state index is 13.9. The van der Waals surface area contributed by atoms with Crippen LogP contribution in [0.5, 0.6) is 5.75 Å². The summed E-state index contributed by atoms with van der Waals surface area (Å²) in [6.07, 6.45) is 1.11. The molecule has 0 amide bonds. The molecule has 0 heterocycles. The number of rotatable bonds is 8. The van der Waals surface area contributed by atoms with Crippen molar-refractivity contribution >= 4 is 40.0 Å². The third kappa shape index (κ3) is 9.56. The summed E-state index contributed by atoms with van der Waals surface area (Å²) in [7, 11) is -1.91. The molecule has 0 saturated carbocycles. The minimum absolute atomic E-state index is 0. The number of nitrogens with one attached hydrogen (secondary N) is 3. The average molecular weight is 516 g/mol. The van der Waals surface area contributed by atoms with Gasteiger partial charge in [0.2, 0.25) is 10.0 Å². The molecule has 156 valence electrons. The lowest BCUT2D eigenvalue weighted by Crippen LogP contribution is -2.47. The Bertz CT molecular complexity index is 742. The van der Waals surface area contributed by atoms with Gasteiger partial charge in [0, 0.05) is 12.1 Å². The zero-order valence-corrected chi connectivity index (χ0v) is 19.7. The number of methoxy groups -OCH3 is 1. The molecule has 0 bridgehead atoms. The van der Waals surface area contributed by atoms with Crippen molar-refractivity contribution in [1.82, 2.24) is 15.4 Å². The fourth-order valence-corrected chi connectivity index (χ4v) is 3.44. The van der Waals surface area contributed by atoms with E-state index < -0.39 is 21.4 Å². The van der Waals surface area contributed by atoms with Gasteiger partial charge in [-0.1, -0.05) is 6.07 Å². The van der Waals surface area contributed by atoms with E-state index in [2.05, 4.69) is 20.3 Å². The largest absolute Gasteiger partial charge is 0.494 e. The first kappa shape index (κ1) is 25.9.